The molecule has 200 valence electrons. The fourth-order valence-corrected chi connectivity index (χ4v) is 5.15. The van der Waals surface area contributed by atoms with E-state index in [0.29, 0.717) is 12.1 Å². The number of piperidine rings is 1. The average Bonchev–Trinajstić information content (AvgIpc) is 3.32. The third kappa shape index (κ3) is 8.36. The van der Waals surface area contributed by atoms with Gasteiger partial charge >= 0.3 is 11.9 Å². The highest BCUT2D eigenvalue weighted by atomic mass is 32.1. The Balaban J connectivity index is 0.000000599. The monoisotopic (exact) mass is 538 g/mol. The molecule has 0 radical (unpaired) electrons. The second-order valence-corrected chi connectivity index (χ2v) is 9.96. The Labute approximate surface area is 225 Å². The van der Waals surface area contributed by atoms with Gasteiger partial charge in [0.25, 0.3) is 5.91 Å². The number of rotatable bonds is 6. The molecular weight excluding hydrogens is 507 g/mol. The molecule has 3 aromatic rings. The third-order valence-corrected chi connectivity index (χ3v) is 7.20. The standard InChI is InChI=1S/C27H29FN2OS.C2H2O4/c1-19-3-5-23(6-4-19)27(31)29-13-16-30-14-11-22(12-15-30)26(25-17-20(2)18-32-25)21-7-9-24(28)10-8-21;3-1(4)2(5)6/h3-10,17-18H,11-16H2,1-2H3,(H,29,31);(H,3,4)(H,5,6). The molecule has 1 aliphatic heterocycles. The molecule has 0 bridgehead atoms. The maximum atomic E-state index is 13.5. The van der Waals surface area contributed by atoms with Crippen LogP contribution in [0.4, 0.5) is 4.39 Å². The fourth-order valence-electron chi connectivity index (χ4n) is 4.13. The van der Waals surface area contributed by atoms with Crippen LogP contribution in [0.2, 0.25) is 0 Å². The molecule has 2 heterocycles. The van der Waals surface area contributed by atoms with Crippen LogP contribution in [-0.2, 0) is 9.59 Å². The summed E-state index contributed by atoms with van der Waals surface area (Å²) in [5, 5.41) is 20.0. The Morgan fingerprint density at radius 3 is 2.00 bits per heavy atom. The number of nitrogens with one attached hydrogen (secondary N) is 1. The van der Waals surface area contributed by atoms with Crippen LogP contribution >= 0.6 is 11.3 Å². The number of likely N-dealkylation sites (tertiary alicyclic amines) is 1. The van der Waals surface area contributed by atoms with Gasteiger partial charge in [0.2, 0.25) is 0 Å². The van der Waals surface area contributed by atoms with Crippen LogP contribution in [0.5, 0.6) is 0 Å². The molecule has 0 aliphatic carbocycles. The van der Waals surface area contributed by atoms with Gasteiger partial charge in [-0.2, -0.15) is 0 Å². The summed E-state index contributed by atoms with van der Waals surface area (Å²) in [6, 6.07) is 16.7. The predicted octanol–water partition coefficient (Wildman–Crippen LogP) is 4.99. The number of carbonyl (C=O) groups is 3. The number of aryl methyl sites for hydroxylation is 2. The molecular formula is C29H31FN2O5S. The van der Waals surface area contributed by atoms with E-state index in [1.54, 1.807) is 23.5 Å². The van der Waals surface area contributed by atoms with Gasteiger partial charge < -0.3 is 20.4 Å². The van der Waals surface area contributed by atoms with Crippen LogP contribution in [0, 0.1) is 19.7 Å². The molecule has 1 aromatic heterocycles. The minimum atomic E-state index is -1.82. The van der Waals surface area contributed by atoms with E-state index < -0.39 is 11.9 Å². The van der Waals surface area contributed by atoms with Gasteiger partial charge in [-0.3, -0.25) is 4.79 Å². The molecule has 2 aromatic carbocycles. The lowest BCUT2D eigenvalue weighted by Gasteiger charge is -2.30. The summed E-state index contributed by atoms with van der Waals surface area (Å²) in [5.74, 6) is -3.87. The van der Waals surface area contributed by atoms with Crippen LogP contribution < -0.4 is 5.32 Å². The molecule has 7 nitrogen and oxygen atoms in total. The summed E-state index contributed by atoms with van der Waals surface area (Å²) in [6.07, 6.45) is 1.96. The molecule has 38 heavy (non-hydrogen) atoms. The van der Waals surface area contributed by atoms with E-state index in [1.807, 2.05) is 43.3 Å². The van der Waals surface area contributed by atoms with E-state index in [0.717, 1.165) is 43.6 Å². The molecule has 1 amide bonds. The maximum Gasteiger partial charge on any atom is 0.414 e. The second-order valence-electron chi connectivity index (χ2n) is 9.05. The Kier molecular flexibility index (Phi) is 10.3. The maximum absolute atomic E-state index is 13.5. The van der Waals surface area contributed by atoms with Gasteiger partial charge in [-0.25, -0.2) is 14.0 Å². The highest BCUT2D eigenvalue weighted by Crippen LogP contribution is 2.35. The Bertz CT molecular complexity index is 1280. The zero-order valence-corrected chi connectivity index (χ0v) is 22.2. The van der Waals surface area contributed by atoms with Gasteiger partial charge in [-0.05, 0) is 79.1 Å². The predicted molar refractivity (Wildman–Crippen MR) is 146 cm³/mol. The highest BCUT2D eigenvalue weighted by Gasteiger charge is 2.20. The van der Waals surface area contributed by atoms with E-state index >= 15 is 0 Å². The first-order chi connectivity index (χ1) is 18.1. The van der Waals surface area contributed by atoms with Gasteiger partial charge in [0, 0.05) is 36.6 Å². The number of nitrogens with zero attached hydrogens (tertiary/aromatic N) is 1. The largest absolute Gasteiger partial charge is 0.473 e. The minimum Gasteiger partial charge on any atom is -0.473 e. The normalized spacial score (nSPS) is 13.3. The van der Waals surface area contributed by atoms with Gasteiger partial charge in [0.1, 0.15) is 5.82 Å². The van der Waals surface area contributed by atoms with Crippen molar-refractivity contribution < 1.29 is 29.0 Å². The first-order valence-corrected chi connectivity index (χ1v) is 13.1. The molecule has 1 fully saturated rings. The molecule has 4 rings (SSSR count). The first-order valence-electron chi connectivity index (χ1n) is 12.2. The molecule has 3 N–H and O–H groups in total. The van der Waals surface area contributed by atoms with Crippen molar-refractivity contribution in [3.8, 4) is 0 Å². The van der Waals surface area contributed by atoms with Crippen LogP contribution in [0.15, 0.2) is 65.6 Å². The van der Waals surface area contributed by atoms with Crippen LogP contribution in [0.3, 0.4) is 0 Å². The van der Waals surface area contributed by atoms with Crippen LogP contribution in [0.1, 0.15) is 44.8 Å². The lowest BCUT2D eigenvalue weighted by atomic mass is 9.92. The van der Waals surface area contributed by atoms with Crippen LogP contribution in [-0.4, -0.2) is 59.1 Å². The number of benzene rings is 2. The summed E-state index contributed by atoms with van der Waals surface area (Å²) in [4.78, 5) is 34.2. The molecule has 0 saturated carbocycles. The number of thiophene rings is 1. The number of hydrogen-bond donors (Lipinski definition) is 3. The molecule has 9 heteroatoms. The van der Waals surface area contributed by atoms with Crippen molar-refractivity contribution in [1.82, 2.24) is 10.2 Å². The minimum absolute atomic E-state index is 0.0192. The smallest absolute Gasteiger partial charge is 0.414 e. The molecule has 0 atom stereocenters. The van der Waals surface area contributed by atoms with Gasteiger partial charge in [-0.1, -0.05) is 35.4 Å². The Hall–Kier alpha value is -3.82. The number of hydrogen-bond acceptors (Lipinski definition) is 5. The Morgan fingerprint density at radius 2 is 1.47 bits per heavy atom. The number of halogens is 1. The summed E-state index contributed by atoms with van der Waals surface area (Å²) in [7, 11) is 0. The van der Waals surface area contributed by atoms with Crippen molar-refractivity contribution in [2.45, 2.75) is 26.7 Å². The van der Waals surface area contributed by atoms with Crippen molar-refractivity contribution in [3.05, 3.63) is 98.5 Å². The molecule has 0 unspecified atom stereocenters. The first kappa shape index (κ1) is 28.7. The molecule has 0 spiro atoms. The number of aliphatic carboxylic acids is 2. The SMILES string of the molecule is Cc1ccc(C(=O)NCCN2CCC(=C(c3ccc(F)cc3)c3cc(C)cs3)CC2)cc1.O=C(O)C(=O)O. The Morgan fingerprint density at radius 1 is 0.895 bits per heavy atom. The number of carbonyl (C=O) groups excluding carboxylic acids is 1. The highest BCUT2D eigenvalue weighted by molar-refractivity contribution is 7.11. The van der Waals surface area contributed by atoms with E-state index in [1.165, 1.54) is 21.6 Å². The van der Waals surface area contributed by atoms with E-state index in [9.17, 15) is 9.18 Å². The number of carboxylic acid groups (broad SMARTS) is 2. The lowest BCUT2D eigenvalue weighted by molar-refractivity contribution is -0.159. The van der Waals surface area contributed by atoms with E-state index in [-0.39, 0.29) is 11.7 Å². The number of amides is 1. The quantitative estimate of drug-likeness (QED) is 0.382. The van der Waals surface area contributed by atoms with Gasteiger partial charge in [0.15, 0.2) is 0 Å². The van der Waals surface area contributed by atoms with E-state index in [4.69, 9.17) is 19.8 Å². The van der Waals surface area contributed by atoms with E-state index in [2.05, 4.69) is 28.6 Å². The van der Waals surface area contributed by atoms with Gasteiger partial charge in [0.05, 0.1) is 0 Å². The summed E-state index contributed by atoms with van der Waals surface area (Å²) in [5.41, 5.74) is 6.88. The van der Waals surface area contributed by atoms with Crippen molar-refractivity contribution in [3.63, 3.8) is 0 Å². The number of carboxylic acids is 2. The molecule has 1 aliphatic rings. The topological polar surface area (TPSA) is 107 Å². The second kappa shape index (κ2) is 13.6. The van der Waals surface area contributed by atoms with Crippen molar-refractivity contribution in [1.29, 1.82) is 0 Å². The molecule has 1 saturated heterocycles. The summed E-state index contributed by atoms with van der Waals surface area (Å²) >= 11 is 1.75. The fraction of sp³-hybridized carbons (Fsp3) is 0.276. The summed E-state index contributed by atoms with van der Waals surface area (Å²) < 4.78 is 13.5. The van der Waals surface area contributed by atoms with Crippen LogP contribution in [0.25, 0.3) is 5.57 Å². The average molecular weight is 539 g/mol. The third-order valence-electron chi connectivity index (χ3n) is 6.13. The zero-order valence-electron chi connectivity index (χ0n) is 21.4. The van der Waals surface area contributed by atoms with Gasteiger partial charge in [-0.15, -0.1) is 11.3 Å². The summed E-state index contributed by atoms with van der Waals surface area (Å²) in [6.45, 7) is 7.54. The van der Waals surface area contributed by atoms with Crippen molar-refractivity contribution in [2.24, 2.45) is 0 Å². The lowest BCUT2D eigenvalue weighted by Crippen LogP contribution is -2.38. The van der Waals surface area contributed by atoms with Crippen molar-refractivity contribution in [2.75, 3.05) is 26.2 Å². The van der Waals surface area contributed by atoms with Crippen molar-refractivity contribution >= 4 is 34.8 Å². The zero-order chi connectivity index (χ0) is 27.7.